The molecule has 0 spiro atoms. The van der Waals surface area contributed by atoms with Crippen LogP contribution in [0.5, 0.6) is 0 Å². The van der Waals surface area contributed by atoms with E-state index in [0.717, 1.165) is 18.1 Å². The third kappa shape index (κ3) is 1.56. The molecule has 2 rings (SSSR count). The molecule has 0 bridgehead atoms. The van der Waals surface area contributed by atoms with E-state index in [9.17, 15) is 0 Å². The molecule has 0 atom stereocenters. The average Bonchev–Trinajstić information content (AvgIpc) is 2.82. The zero-order valence-corrected chi connectivity index (χ0v) is 9.54. The summed E-state index contributed by atoms with van der Waals surface area (Å²) < 4.78 is 2.36. The number of aryl methyl sites for hydroxylation is 1. The monoisotopic (exact) mass is 193 g/mol. The van der Waals surface area contributed by atoms with E-state index in [1.54, 1.807) is 0 Å². The van der Waals surface area contributed by atoms with E-state index in [-0.39, 0.29) is 5.41 Å². The number of hydrogen-bond acceptors (Lipinski definition) is 2. The second-order valence-electron chi connectivity index (χ2n) is 5.14. The number of nitrogens with zero attached hydrogens (tertiary/aromatic N) is 3. The van der Waals surface area contributed by atoms with Gasteiger partial charge in [0.1, 0.15) is 11.6 Å². The summed E-state index contributed by atoms with van der Waals surface area (Å²) in [5.74, 6) is 2.30. The van der Waals surface area contributed by atoms with Crippen LogP contribution < -0.4 is 0 Å². The summed E-state index contributed by atoms with van der Waals surface area (Å²) >= 11 is 0. The molecule has 1 aromatic heterocycles. The van der Waals surface area contributed by atoms with Crippen LogP contribution in [0, 0.1) is 0 Å². The van der Waals surface area contributed by atoms with Gasteiger partial charge in [0, 0.05) is 17.9 Å². The Morgan fingerprint density at radius 1 is 1.29 bits per heavy atom. The molecule has 0 radical (unpaired) electrons. The Bertz CT molecular complexity index is 329. The highest BCUT2D eigenvalue weighted by Crippen LogP contribution is 2.39. The fourth-order valence-corrected chi connectivity index (χ4v) is 1.79. The Kier molecular flexibility index (Phi) is 2.13. The predicted octanol–water partition coefficient (Wildman–Crippen LogP) is 2.47. The van der Waals surface area contributed by atoms with Gasteiger partial charge in [-0.3, -0.25) is 0 Å². The topological polar surface area (TPSA) is 30.7 Å². The Morgan fingerprint density at radius 2 is 1.93 bits per heavy atom. The smallest absolute Gasteiger partial charge is 0.138 e. The summed E-state index contributed by atoms with van der Waals surface area (Å²) in [5.41, 5.74) is 0.114. The van der Waals surface area contributed by atoms with Crippen molar-refractivity contribution in [2.45, 2.75) is 58.4 Å². The molecule has 3 nitrogen and oxygen atoms in total. The zero-order chi connectivity index (χ0) is 10.3. The molecule has 1 aromatic rings. The van der Waals surface area contributed by atoms with Gasteiger partial charge in [-0.1, -0.05) is 27.7 Å². The molecule has 78 valence electrons. The molecule has 1 saturated carbocycles. The van der Waals surface area contributed by atoms with Gasteiger partial charge < -0.3 is 4.57 Å². The van der Waals surface area contributed by atoms with Gasteiger partial charge in [0.05, 0.1) is 0 Å². The Balaban J connectivity index is 2.44. The fraction of sp³-hybridized carbons (Fsp3) is 0.818. The van der Waals surface area contributed by atoms with E-state index in [4.69, 9.17) is 0 Å². The predicted molar refractivity (Wildman–Crippen MR) is 56.4 cm³/mol. The standard InChI is InChI=1S/C11H19N3/c1-5-9-12-13-10(11(2,3)4)14(9)8-6-7-8/h8H,5-7H2,1-4H3. The first-order chi connectivity index (χ1) is 6.54. The minimum Gasteiger partial charge on any atom is -0.311 e. The molecule has 0 N–H and O–H groups in total. The first kappa shape index (κ1) is 9.69. The molecule has 3 heteroatoms. The summed E-state index contributed by atoms with van der Waals surface area (Å²) in [6, 6.07) is 0.689. The maximum atomic E-state index is 4.33. The molecule has 1 aliphatic rings. The lowest BCUT2D eigenvalue weighted by Crippen LogP contribution is -2.19. The Morgan fingerprint density at radius 3 is 2.36 bits per heavy atom. The van der Waals surface area contributed by atoms with Crippen molar-refractivity contribution in [1.82, 2.24) is 14.8 Å². The molecule has 0 unspecified atom stereocenters. The van der Waals surface area contributed by atoms with Crippen molar-refractivity contribution in [3.8, 4) is 0 Å². The maximum Gasteiger partial charge on any atom is 0.138 e. The van der Waals surface area contributed by atoms with Crippen LogP contribution in [0.3, 0.4) is 0 Å². The first-order valence-electron chi connectivity index (χ1n) is 5.48. The molecule has 1 fully saturated rings. The van der Waals surface area contributed by atoms with Crippen molar-refractivity contribution in [3.05, 3.63) is 11.6 Å². The van der Waals surface area contributed by atoms with Gasteiger partial charge in [-0.15, -0.1) is 10.2 Å². The van der Waals surface area contributed by atoms with E-state index < -0.39 is 0 Å². The van der Waals surface area contributed by atoms with E-state index in [0.29, 0.717) is 6.04 Å². The van der Waals surface area contributed by atoms with Crippen LogP contribution in [0.4, 0.5) is 0 Å². The van der Waals surface area contributed by atoms with E-state index in [1.165, 1.54) is 12.8 Å². The SMILES string of the molecule is CCc1nnc(C(C)(C)C)n1C1CC1. The van der Waals surface area contributed by atoms with E-state index in [2.05, 4.69) is 42.5 Å². The first-order valence-corrected chi connectivity index (χ1v) is 5.48. The zero-order valence-electron chi connectivity index (χ0n) is 9.54. The molecular weight excluding hydrogens is 174 g/mol. The molecule has 1 aliphatic carbocycles. The highest BCUT2D eigenvalue weighted by molar-refractivity contribution is 5.10. The molecule has 0 aliphatic heterocycles. The normalized spacial score (nSPS) is 17.4. The second kappa shape index (κ2) is 3.07. The number of aromatic nitrogens is 3. The van der Waals surface area contributed by atoms with Gasteiger partial charge in [-0.2, -0.15) is 0 Å². The summed E-state index contributed by atoms with van der Waals surface area (Å²) in [6.07, 6.45) is 3.59. The van der Waals surface area contributed by atoms with Gasteiger partial charge in [0.25, 0.3) is 0 Å². The van der Waals surface area contributed by atoms with Crippen LogP contribution >= 0.6 is 0 Å². The van der Waals surface area contributed by atoms with Crippen LogP contribution in [0.25, 0.3) is 0 Å². The molecule has 14 heavy (non-hydrogen) atoms. The van der Waals surface area contributed by atoms with Crippen molar-refractivity contribution in [2.24, 2.45) is 0 Å². The molecule has 0 saturated heterocycles. The minimum absolute atomic E-state index is 0.114. The summed E-state index contributed by atoms with van der Waals surface area (Å²) in [7, 11) is 0. The van der Waals surface area contributed by atoms with Crippen LogP contribution in [-0.2, 0) is 11.8 Å². The third-order valence-corrected chi connectivity index (χ3v) is 2.67. The summed E-state index contributed by atoms with van der Waals surface area (Å²) in [5, 5.41) is 8.61. The van der Waals surface area contributed by atoms with Crippen LogP contribution in [0.2, 0.25) is 0 Å². The van der Waals surface area contributed by atoms with Crippen LogP contribution in [0.15, 0.2) is 0 Å². The number of hydrogen-bond donors (Lipinski definition) is 0. The van der Waals surface area contributed by atoms with Crippen molar-refractivity contribution in [1.29, 1.82) is 0 Å². The van der Waals surface area contributed by atoms with Crippen molar-refractivity contribution >= 4 is 0 Å². The third-order valence-electron chi connectivity index (χ3n) is 2.67. The van der Waals surface area contributed by atoms with Gasteiger partial charge in [-0.05, 0) is 12.8 Å². The molecule has 0 aromatic carbocycles. The lowest BCUT2D eigenvalue weighted by molar-refractivity contribution is 0.495. The van der Waals surface area contributed by atoms with E-state index >= 15 is 0 Å². The van der Waals surface area contributed by atoms with Crippen LogP contribution in [0.1, 0.15) is 58.2 Å². The lowest BCUT2D eigenvalue weighted by Gasteiger charge is -2.19. The van der Waals surface area contributed by atoms with Gasteiger partial charge in [0.2, 0.25) is 0 Å². The largest absolute Gasteiger partial charge is 0.311 e. The van der Waals surface area contributed by atoms with Crippen molar-refractivity contribution in [2.75, 3.05) is 0 Å². The molecule has 1 heterocycles. The van der Waals surface area contributed by atoms with Crippen LogP contribution in [-0.4, -0.2) is 14.8 Å². The highest BCUT2D eigenvalue weighted by Gasteiger charge is 2.32. The minimum atomic E-state index is 0.114. The van der Waals surface area contributed by atoms with Gasteiger partial charge in [0.15, 0.2) is 0 Å². The Hall–Kier alpha value is -0.860. The molecule has 0 amide bonds. The summed E-state index contributed by atoms with van der Waals surface area (Å²) in [4.78, 5) is 0. The highest BCUT2D eigenvalue weighted by atomic mass is 15.3. The van der Waals surface area contributed by atoms with Crippen molar-refractivity contribution < 1.29 is 0 Å². The summed E-state index contributed by atoms with van der Waals surface area (Å²) in [6.45, 7) is 8.76. The van der Waals surface area contributed by atoms with Gasteiger partial charge >= 0.3 is 0 Å². The maximum absolute atomic E-state index is 4.33. The van der Waals surface area contributed by atoms with E-state index in [1.807, 2.05) is 0 Å². The fourth-order valence-electron chi connectivity index (χ4n) is 1.79. The number of rotatable bonds is 2. The van der Waals surface area contributed by atoms with Gasteiger partial charge in [-0.25, -0.2) is 0 Å². The van der Waals surface area contributed by atoms with Crippen molar-refractivity contribution in [3.63, 3.8) is 0 Å². The Labute approximate surface area is 85.5 Å². The lowest BCUT2D eigenvalue weighted by atomic mass is 9.95. The second-order valence-corrected chi connectivity index (χ2v) is 5.14. The quantitative estimate of drug-likeness (QED) is 0.722. The molecular formula is C11H19N3. The average molecular weight is 193 g/mol.